The highest BCUT2D eigenvalue weighted by atomic mass is 32.2. The average molecular weight is 480 g/mol. The molecule has 0 unspecified atom stereocenters. The third kappa shape index (κ3) is 5.51. The number of anilines is 1. The van der Waals surface area contributed by atoms with Gasteiger partial charge in [-0.2, -0.15) is 4.98 Å². The number of imidazole rings is 1. The summed E-state index contributed by atoms with van der Waals surface area (Å²) in [5.74, 6) is 1.01. The number of aromatic nitrogens is 2. The lowest BCUT2D eigenvalue weighted by atomic mass is 10.2. The minimum Gasteiger partial charge on any atom is -0.261 e. The van der Waals surface area contributed by atoms with Crippen LogP contribution in [0, 0.1) is 20.8 Å². The van der Waals surface area contributed by atoms with Gasteiger partial charge < -0.3 is 0 Å². The van der Waals surface area contributed by atoms with Crippen LogP contribution in [0.25, 0.3) is 5.69 Å². The second-order valence-electron chi connectivity index (χ2n) is 7.64. The number of nitrogens with zero attached hydrogens (tertiary/aromatic N) is 2. The summed E-state index contributed by atoms with van der Waals surface area (Å²) in [4.78, 5) is 17.9. The van der Waals surface area contributed by atoms with E-state index in [1.165, 1.54) is 30.3 Å². The highest BCUT2D eigenvalue weighted by molar-refractivity contribution is 8.01. The van der Waals surface area contributed by atoms with E-state index in [0.717, 1.165) is 32.5 Å². The molecule has 168 valence electrons. The van der Waals surface area contributed by atoms with Crippen LogP contribution in [0.15, 0.2) is 38.2 Å². The molecule has 0 spiro atoms. The molecule has 0 aromatic heterocycles. The normalized spacial score (nSPS) is 11.9. The van der Waals surface area contributed by atoms with Gasteiger partial charge in [0.25, 0.3) is 10.0 Å². The largest absolute Gasteiger partial charge is 0.354 e. The molecule has 0 saturated carbocycles. The minimum absolute atomic E-state index is 0.0957. The molecule has 0 amide bonds. The lowest BCUT2D eigenvalue weighted by molar-refractivity contribution is 0.601. The van der Waals surface area contributed by atoms with Gasteiger partial charge in [-0.25, -0.2) is 13.2 Å². The van der Waals surface area contributed by atoms with Crippen molar-refractivity contribution >= 4 is 38.9 Å². The summed E-state index contributed by atoms with van der Waals surface area (Å²) in [6.07, 6.45) is 5.93. The van der Waals surface area contributed by atoms with Crippen molar-refractivity contribution in [1.29, 1.82) is 0 Å². The summed E-state index contributed by atoms with van der Waals surface area (Å²) in [7, 11) is -3.85. The standard InChI is InChI=1S/C22H29N3O3S3/c1-5-6-7-8-9-14-29-21-19-20(23-22(26)25(19)16(3)17(4)30-21)24-31(27,28)18-12-10-15(2)11-13-18/h10-13H,5-9,14H2,1-4H3,(H,23,24,26). The summed E-state index contributed by atoms with van der Waals surface area (Å²) in [6.45, 7) is 7.93. The van der Waals surface area contributed by atoms with Crippen molar-refractivity contribution in [3.63, 3.8) is 0 Å². The first-order chi connectivity index (χ1) is 14.7. The second kappa shape index (κ2) is 10.2. The summed E-state index contributed by atoms with van der Waals surface area (Å²) in [5.41, 5.74) is 1.84. The van der Waals surface area contributed by atoms with E-state index >= 15 is 0 Å². The molecule has 1 aromatic carbocycles. The van der Waals surface area contributed by atoms with Crippen LogP contribution in [0.5, 0.6) is 0 Å². The number of aryl methyl sites for hydroxylation is 2. The molecule has 0 bridgehead atoms. The van der Waals surface area contributed by atoms with Gasteiger partial charge in [0.05, 0.1) is 9.10 Å². The Kier molecular flexibility index (Phi) is 7.82. The molecular weight excluding hydrogens is 450 g/mol. The maximum atomic E-state index is 12.9. The summed E-state index contributed by atoms with van der Waals surface area (Å²) in [6, 6.07) is 6.60. The van der Waals surface area contributed by atoms with Crippen LogP contribution < -0.4 is 10.4 Å². The van der Waals surface area contributed by atoms with E-state index in [1.807, 2.05) is 20.8 Å². The lowest BCUT2D eigenvalue weighted by Gasteiger charge is -2.16. The Hall–Kier alpha value is -1.84. The molecule has 3 rings (SSSR count). The van der Waals surface area contributed by atoms with Crippen LogP contribution in [-0.2, 0) is 10.0 Å². The van der Waals surface area contributed by atoms with E-state index in [1.54, 1.807) is 47.4 Å². The number of rotatable bonds is 10. The average Bonchev–Trinajstić information content (AvgIpc) is 3.04. The van der Waals surface area contributed by atoms with E-state index in [4.69, 9.17) is 0 Å². The number of benzene rings is 1. The van der Waals surface area contributed by atoms with Crippen molar-refractivity contribution in [1.82, 2.24) is 9.55 Å². The van der Waals surface area contributed by atoms with E-state index < -0.39 is 15.7 Å². The van der Waals surface area contributed by atoms with Crippen LogP contribution in [0.1, 0.15) is 55.2 Å². The molecule has 0 saturated heterocycles. The van der Waals surface area contributed by atoms with E-state index in [9.17, 15) is 13.2 Å². The summed E-state index contributed by atoms with van der Waals surface area (Å²) in [5, 5.41) is 0. The Morgan fingerprint density at radius 2 is 1.74 bits per heavy atom. The van der Waals surface area contributed by atoms with Crippen molar-refractivity contribution in [3.8, 4) is 5.69 Å². The van der Waals surface area contributed by atoms with Crippen LogP contribution in [-0.4, -0.2) is 23.7 Å². The van der Waals surface area contributed by atoms with Gasteiger partial charge in [-0.05, 0) is 45.1 Å². The molecule has 2 heterocycles. The van der Waals surface area contributed by atoms with Crippen LogP contribution in [0.2, 0.25) is 0 Å². The van der Waals surface area contributed by atoms with Gasteiger partial charge in [0.15, 0.2) is 5.82 Å². The molecule has 0 atom stereocenters. The third-order valence-corrected chi connectivity index (χ3v) is 9.06. The molecule has 31 heavy (non-hydrogen) atoms. The third-order valence-electron chi connectivity index (χ3n) is 5.17. The Morgan fingerprint density at radius 3 is 2.42 bits per heavy atom. The fraction of sp³-hybridized carbons (Fsp3) is 0.455. The molecule has 0 fully saturated rings. The molecule has 2 aliphatic rings. The van der Waals surface area contributed by atoms with Gasteiger partial charge in [0.1, 0.15) is 5.69 Å². The van der Waals surface area contributed by atoms with Gasteiger partial charge in [0.2, 0.25) is 0 Å². The SMILES string of the molecule is CCCCCCCSc1sc(C)c(C)n2c(=O)nc(NS(=O)(=O)c3ccc(C)cc3)c1-2. The number of fused-ring (bicyclic) bond motifs is 1. The predicted molar refractivity (Wildman–Crippen MR) is 130 cm³/mol. The Bertz CT molecular complexity index is 1170. The second-order valence-corrected chi connectivity index (χ2v) is 11.9. The van der Waals surface area contributed by atoms with Crippen LogP contribution >= 0.6 is 23.1 Å². The first-order valence-electron chi connectivity index (χ1n) is 10.5. The van der Waals surface area contributed by atoms with Gasteiger partial charge in [-0.15, -0.1) is 23.1 Å². The first kappa shape index (κ1) is 23.8. The molecule has 0 radical (unpaired) electrons. The van der Waals surface area contributed by atoms with Gasteiger partial charge >= 0.3 is 5.69 Å². The lowest BCUT2D eigenvalue weighted by Crippen LogP contribution is -2.17. The molecule has 1 aromatic rings. The number of sulfonamides is 1. The number of nitrogens with one attached hydrogen (secondary N) is 1. The molecule has 1 N–H and O–H groups in total. The van der Waals surface area contributed by atoms with Crippen LogP contribution in [0.3, 0.4) is 0 Å². The Morgan fingerprint density at radius 1 is 1.06 bits per heavy atom. The van der Waals surface area contributed by atoms with Crippen molar-refractivity contribution in [2.45, 2.75) is 68.9 Å². The fourth-order valence-corrected chi connectivity index (χ4v) is 6.79. The quantitative estimate of drug-likeness (QED) is 0.306. The van der Waals surface area contributed by atoms with Crippen molar-refractivity contribution in [3.05, 3.63) is 50.9 Å². The van der Waals surface area contributed by atoms with Gasteiger partial charge in [-0.3, -0.25) is 9.29 Å². The smallest absolute Gasteiger partial charge is 0.261 e. The highest BCUT2D eigenvalue weighted by Gasteiger charge is 2.26. The summed E-state index contributed by atoms with van der Waals surface area (Å²) < 4.78 is 30.8. The van der Waals surface area contributed by atoms with E-state index in [2.05, 4.69) is 16.6 Å². The minimum atomic E-state index is -3.85. The van der Waals surface area contributed by atoms with Crippen molar-refractivity contribution in [2.24, 2.45) is 0 Å². The van der Waals surface area contributed by atoms with E-state index in [0.29, 0.717) is 5.69 Å². The van der Waals surface area contributed by atoms with Crippen molar-refractivity contribution in [2.75, 3.05) is 10.5 Å². The van der Waals surface area contributed by atoms with E-state index in [-0.39, 0.29) is 10.7 Å². The van der Waals surface area contributed by atoms with Gasteiger partial charge in [-0.1, -0.05) is 50.3 Å². The monoisotopic (exact) mass is 479 g/mol. The number of thioether (sulfide) groups is 1. The zero-order valence-corrected chi connectivity index (χ0v) is 20.8. The van der Waals surface area contributed by atoms with Gasteiger partial charge in [0, 0.05) is 10.6 Å². The maximum Gasteiger partial charge on any atom is 0.354 e. The number of unbranched alkanes of at least 4 members (excludes halogenated alkanes) is 4. The number of hydrogen-bond acceptors (Lipinski definition) is 6. The van der Waals surface area contributed by atoms with Crippen molar-refractivity contribution < 1.29 is 8.42 Å². The first-order valence-corrected chi connectivity index (χ1v) is 13.8. The number of hydrogen-bond donors (Lipinski definition) is 1. The highest BCUT2D eigenvalue weighted by Crippen LogP contribution is 2.38. The predicted octanol–water partition coefficient (Wildman–Crippen LogP) is 5.52. The zero-order chi connectivity index (χ0) is 22.6. The molecular formula is C22H29N3O3S3. The molecule has 0 aliphatic carbocycles. The summed E-state index contributed by atoms with van der Waals surface area (Å²) >= 11 is 3.25. The molecule has 9 heteroatoms. The zero-order valence-electron chi connectivity index (χ0n) is 18.4. The fourth-order valence-electron chi connectivity index (χ4n) is 3.26. The molecule has 6 nitrogen and oxygen atoms in total. The van der Waals surface area contributed by atoms with Crippen LogP contribution in [0.4, 0.5) is 5.82 Å². The Balaban J connectivity index is 1.93. The Labute approximate surface area is 192 Å². The topological polar surface area (TPSA) is 81.1 Å². The molecule has 2 aliphatic heterocycles. The maximum absolute atomic E-state index is 12.9.